The second-order valence-corrected chi connectivity index (χ2v) is 9.28. The highest BCUT2D eigenvalue weighted by Gasteiger charge is 2.12. The number of benzene rings is 3. The Hall–Kier alpha value is -3.96. The molecule has 0 spiro atoms. The number of hydrogen-bond acceptors (Lipinski definition) is 8. The van der Waals surface area contributed by atoms with Crippen molar-refractivity contribution in [1.82, 2.24) is 4.98 Å². The van der Waals surface area contributed by atoms with Crippen molar-refractivity contribution in [1.29, 1.82) is 0 Å². The van der Waals surface area contributed by atoms with Crippen molar-refractivity contribution in [3.8, 4) is 5.75 Å². The van der Waals surface area contributed by atoms with E-state index in [1.54, 1.807) is 18.2 Å². The molecule has 0 unspecified atom stereocenters. The van der Waals surface area contributed by atoms with E-state index >= 15 is 0 Å². The van der Waals surface area contributed by atoms with Gasteiger partial charge in [0, 0.05) is 28.3 Å². The largest absolute Gasteiger partial charge is 0.494 e. The smallest absolute Gasteiger partial charge is 0.269 e. The summed E-state index contributed by atoms with van der Waals surface area (Å²) in [5.41, 5.74) is 1.56. The van der Waals surface area contributed by atoms with E-state index in [-0.39, 0.29) is 23.3 Å². The van der Waals surface area contributed by atoms with Crippen LogP contribution in [0, 0.1) is 10.1 Å². The quantitative estimate of drug-likeness (QED) is 0.172. The van der Waals surface area contributed by atoms with Crippen LogP contribution in [0.25, 0.3) is 10.2 Å². The summed E-state index contributed by atoms with van der Waals surface area (Å²) in [5, 5.41) is 16.9. The zero-order valence-corrected chi connectivity index (χ0v) is 20.2. The highest BCUT2D eigenvalue weighted by molar-refractivity contribution is 8.00. The van der Waals surface area contributed by atoms with Crippen LogP contribution >= 0.6 is 23.1 Å². The van der Waals surface area contributed by atoms with Gasteiger partial charge in [0.2, 0.25) is 5.91 Å². The average Bonchev–Trinajstić information content (AvgIpc) is 3.24. The summed E-state index contributed by atoms with van der Waals surface area (Å²) in [6.45, 7) is 2.50. The lowest BCUT2D eigenvalue weighted by Gasteiger charge is -2.07. The Balaban J connectivity index is 1.33. The second kappa shape index (κ2) is 11.0. The summed E-state index contributed by atoms with van der Waals surface area (Å²) >= 11 is 2.70. The van der Waals surface area contributed by atoms with Gasteiger partial charge in [0.15, 0.2) is 5.13 Å². The molecule has 1 heterocycles. The first kappa shape index (κ1) is 24.2. The third-order valence-electron chi connectivity index (χ3n) is 4.72. The summed E-state index contributed by atoms with van der Waals surface area (Å²) in [6, 6.07) is 18.1. The van der Waals surface area contributed by atoms with Gasteiger partial charge in [0.05, 0.1) is 27.5 Å². The summed E-state index contributed by atoms with van der Waals surface area (Å²) in [4.78, 5) is 40.4. The van der Waals surface area contributed by atoms with Crippen molar-refractivity contribution < 1.29 is 19.2 Å². The van der Waals surface area contributed by atoms with E-state index in [0.717, 1.165) is 20.9 Å². The monoisotopic (exact) mass is 508 g/mol. The number of nitrogens with zero attached hydrogens (tertiary/aromatic N) is 2. The standard InChI is InChI=1S/C24H20N4O5S2/c1-2-33-18-10-11-20-21(13-18)35-24(26-20)27-22(29)14-34-19-5-3-4-16(12-19)25-23(30)15-6-8-17(9-7-15)28(31)32/h3-13H,2,14H2,1H3,(H,25,30)(H,26,27,29). The van der Waals surface area contributed by atoms with Crippen LogP contribution in [0.2, 0.25) is 0 Å². The molecule has 0 bridgehead atoms. The Morgan fingerprint density at radius 3 is 2.63 bits per heavy atom. The summed E-state index contributed by atoms with van der Waals surface area (Å²) in [5.74, 6) is 0.347. The van der Waals surface area contributed by atoms with E-state index < -0.39 is 4.92 Å². The Labute approximate surface area is 208 Å². The topological polar surface area (TPSA) is 123 Å². The number of carbonyl (C=O) groups excluding carboxylic acids is 2. The SMILES string of the molecule is CCOc1ccc2nc(NC(=O)CSc3cccc(NC(=O)c4ccc([N+](=O)[O-])cc4)c3)sc2c1. The molecule has 4 aromatic rings. The molecule has 0 atom stereocenters. The molecule has 1 aromatic heterocycles. The van der Waals surface area contributed by atoms with Gasteiger partial charge in [-0.05, 0) is 55.5 Å². The van der Waals surface area contributed by atoms with Crippen LogP contribution in [0.3, 0.4) is 0 Å². The van der Waals surface area contributed by atoms with Gasteiger partial charge < -0.3 is 15.4 Å². The van der Waals surface area contributed by atoms with Crippen molar-refractivity contribution in [3.05, 3.63) is 82.4 Å². The lowest BCUT2D eigenvalue weighted by Crippen LogP contribution is -2.14. The van der Waals surface area contributed by atoms with E-state index in [9.17, 15) is 19.7 Å². The molecule has 0 fully saturated rings. The predicted octanol–water partition coefficient (Wildman–Crippen LogP) is 5.59. The Morgan fingerprint density at radius 2 is 1.89 bits per heavy atom. The number of fused-ring (bicyclic) bond motifs is 1. The zero-order chi connectivity index (χ0) is 24.8. The van der Waals surface area contributed by atoms with Crippen molar-refractivity contribution in [2.75, 3.05) is 23.0 Å². The molecule has 9 nitrogen and oxygen atoms in total. The maximum atomic E-state index is 12.4. The molecular weight excluding hydrogens is 488 g/mol. The first-order valence-electron chi connectivity index (χ1n) is 10.5. The number of hydrogen-bond donors (Lipinski definition) is 2. The number of nitrogens with one attached hydrogen (secondary N) is 2. The fourth-order valence-electron chi connectivity index (χ4n) is 3.12. The molecule has 0 aliphatic carbocycles. The van der Waals surface area contributed by atoms with Crippen LogP contribution in [0.5, 0.6) is 5.75 Å². The molecule has 2 N–H and O–H groups in total. The molecule has 0 aliphatic heterocycles. The highest BCUT2D eigenvalue weighted by atomic mass is 32.2. The number of carbonyl (C=O) groups is 2. The molecule has 11 heteroatoms. The fourth-order valence-corrected chi connectivity index (χ4v) is 4.79. The van der Waals surface area contributed by atoms with E-state index in [1.807, 2.05) is 31.2 Å². The normalized spacial score (nSPS) is 10.7. The Morgan fingerprint density at radius 1 is 1.09 bits per heavy atom. The molecule has 0 radical (unpaired) electrons. The van der Waals surface area contributed by atoms with Gasteiger partial charge in [0.25, 0.3) is 11.6 Å². The molecule has 2 amide bonds. The number of rotatable bonds is 9. The molecule has 178 valence electrons. The number of anilines is 2. The van der Waals surface area contributed by atoms with Crippen LogP contribution in [-0.2, 0) is 4.79 Å². The van der Waals surface area contributed by atoms with E-state index in [1.165, 1.54) is 47.4 Å². The van der Waals surface area contributed by atoms with Gasteiger partial charge in [0.1, 0.15) is 5.75 Å². The highest BCUT2D eigenvalue weighted by Crippen LogP contribution is 2.30. The molecular formula is C24H20N4O5S2. The predicted molar refractivity (Wildman–Crippen MR) is 138 cm³/mol. The van der Waals surface area contributed by atoms with E-state index in [2.05, 4.69) is 15.6 Å². The van der Waals surface area contributed by atoms with Crippen LogP contribution in [-0.4, -0.2) is 34.1 Å². The van der Waals surface area contributed by atoms with Gasteiger partial charge in [-0.15, -0.1) is 11.8 Å². The van der Waals surface area contributed by atoms with Gasteiger partial charge in [-0.3, -0.25) is 19.7 Å². The van der Waals surface area contributed by atoms with Gasteiger partial charge >= 0.3 is 0 Å². The maximum Gasteiger partial charge on any atom is 0.269 e. The number of thioether (sulfide) groups is 1. The average molecular weight is 509 g/mol. The lowest BCUT2D eigenvalue weighted by atomic mass is 10.2. The van der Waals surface area contributed by atoms with E-state index in [4.69, 9.17) is 4.74 Å². The minimum Gasteiger partial charge on any atom is -0.494 e. The van der Waals surface area contributed by atoms with Gasteiger partial charge in [-0.1, -0.05) is 17.4 Å². The lowest BCUT2D eigenvalue weighted by molar-refractivity contribution is -0.384. The number of thiazole rings is 1. The van der Waals surface area contributed by atoms with Crippen LogP contribution in [0.4, 0.5) is 16.5 Å². The molecule has 0 saturated heterocycles. The number of nitro groups is 1. The minimum atomic E-state index is -0.520. The molecule has 35 heavy (non-hydrogen) atoms. The molecule has 4 rings (SSSR count). The third kappa shape index (κ3) is 6.34. The molecule has 0 aliphatic rings. The number of nitro benzene ring substituents is 1. The Kier molecular flexibility index (Phi) is 7.58. The fraction of sp³-hybridized carbons (Fsp3) is 0.125. The van der Waals surface area contributed by atoms with Gasteiger partial charge in [-0.25, -0.2) is 4.98 Å². The van der Waals surface area contributed by atoms with Crippen LogP contribution in [0.1, 0.15) is 17.3 Å². The summed E-state index contributed by atoms with van der Waals surface area (Å²) in [6.07, 6.45) is 0. The second-order valence-electron chi connectivity index (χ2n) is 7.20. The van der Waals surface area contributed by atoms with Crippen molar-refractivity contribution >= 4 is 61.6 Å². The van der Waals surface area contributed by atoms with Crippen molar-refractivity contribution in [2.45, 2.75) is 11.8 Å². The number of non-ortho nitro benzene ring substituents is 1. The van der Waals surface area contributed by atoms with Gasteiger partial charge in [-0.2, -0.15) is 0 Å². The van der Waals surface area contributed by atoms with Crippen molar-refractivity contribution in [2.24, 2.45) is 0 Å². The number of amides is 2. The maximum absolute atomic E-state index is 12.4. The molecule has 3 aromatic carbocycles. The first-order chi connectivity index (χ1) is 16.9. The first-order valence-corrected chi connectivity index (χ1v) is 12.3. The van der Waals surface area contributed by atoms with E-state index in [0.29, 0.717) is 23.0 Å². The summed E-state index contributed by atoms with van der Waals surface area (Å²) < 4.78 is 6.43. The van der Waals surface area contributed by atoms with Crippen LogP contribution < -0.4 is 15.4 Å². The Bertz CT molecular complexity index is 1390. The minimum absolute atomic E-state index is 0.0840. The van der Waals surface area contributed by atoms with Crippen LogP contribution in [0.15, 0.2) is 71.6 Å². The number of ether oxygens (including phenoxy) is 1. The number of aromatic nitrogens is 1. The van der Waals surface area contributed by atoms with Crippen molar-refractivity contribution in [3.63, 3.8) is 0 Å². The zero-order valence-electron chi connectivity index (χ0n) is 18.5. The molecule has 0 saturated carbocycles. The summed E-state index contributed by atoms with van der Waals surface area (Å²) in [7, 11) is 0. The third-order valence-corrected chi connectivity index (χ3v) is 6.65.